The quantitative estimate of drug-likeness (QED) is 0.320. The topological polar surface area (TPSA) is 43.4 Å². The zero-order valence-electron chi connectivity index (χ0n) is 16.3. The fraction of sp³-hybridized carbons (Fsp3) is 0.143. The minimum atomic E-state index is -6.91. The molecule has 0 aliphatic carbocycles. The maximum atomic E-state index is 14.4. The number of hydrogen-bond donors (Lipinski definition) is 0. The van der Waals surface area contributed by atoms with Gasteiger partial charge in [0.05, 0.1) is 0 Å². The first-order chi connectivity index (χ1) is 15.3. The average molecular weight is 512 g/mol. The van der Waals surface area contributed by atoms with Crippen LogP contribution in [0.2, 0.25) is 0 Å². The van der Waals surface area contributed by atoms with Crippen LogP contribution in [0.4, 0.5) is 30.7 Å². The highest BCUT2D eigenvalue weighted by molar-refractivity contribution is 8.33. The highest BCUT2D eigenvalue weighted by Gasteiger charge is 2.80. The summed E-state index contributed by atoms with van der Waals surface area (Å²) < 4.78 is 124. The van der Waals surface area contributed by atoms with E-state index in [-0.39, 0.29) is 14.7 Å². The molecule has 0 radical (unpaired) electrons. The van der Waals surface area contributed by atoms with Crippen LogP contribution in [0, 0.1) is 0 Å². The Balaban J connectivity index is 2.34. The maximum absolute atomic E-state index is 14.4. The fourth-order valence-electron chi connectivity index (χ4n) is 2.86. The second kappa shape index (κ2) is 8.65. The molecule has 0 saturated carbocycles. The lowest BCUT2D eigenvalue weighted by molar-refractivity contribution is -0.333. The van der Waals surface area contributed by atoms with Crippen LogP contribution >= 0.6 is 10.3 Å². The lowest BCUT2D eigenvalue weighted by Crippen LogP contribution is -2.56. The van der Waals surface area contributed by atoms with Crippen LogP contribution < -0.4 is 0 Å². The predicted molar refractivity (Wildman–Crippen MR) is 108 cm³/mol. The first kappa shape index (κ1) is 25.1. The number of alkyl halides is 7. The number of rotatable bonds is 7. The van der Waals surface area contributed by atoms with Crippen LogP contribution in [0.1, 0.15) is 0 Å². The molecule has 0 atom stereocenters. The van der Waals surface area contributed by atoms with E-state index in [2.05, 4.69) is 0 Å². The van der Waals surface area contributed by atoms with Crippen molar-refractivity contribution in [2.24, 2.45) is 0 Å². The highest BCUT2D eigenvalue weighted by atomic mass is 32.3. The number of benzene rings is 3. The molecule has 3 aromatic carbocycles. The van der Waals surface area contributed by atoms with E-state index in [0.717, 1.165) is 0 Å². The Labute approximate surface area is 186 Å². The van der Waals surface area contributed by atoms with Gasteiger partial charge in [0.15, 0.2) is 0 Å². The molecule has 0 unspecified atom stereocenters. The molecule has 3 aromatic rings. The average Bonchev–Trinajstić information content (AvgIpc) is 2.78. The van der Waals surface area contributed by atoms with E-state index in [0.29, 0.717) is 0 Å². The van der Waals surface area contributed by atoms with E-state index in [1.54, 1.807) is 0 Å². The van der Waals surface area contributed by atoms with Crippen molar-refractivity contribution in [1.29, 1.82) is 0 Å². The van der Waals surface area contributed by atoms with Crippen molar-refractivity contribution in [1.82, 2.24) is 0 Å². The molecule has 178 valence electrons. The Hall–Kier alpha value is -2.57. The van der Waals surface area contributed by atoms with Crippen molar-refractivity contribution in [2.45, 2.75) is 32.0 Å². The van der Waals surface area contributed by atoms with E-state index < -0.39 is 37.8 Å². The Bertz CT molecular complexity index is 1090. The standard InChI is InChI=1S/C21H15F7O3S2/c22-19(23,20(24,25)26)21(27,28)33(29,30)31-32(16-10-4-1-5-11-16,17-12-6-2-7-13-17)18-14-8-3-9-15-18/h1-15H. The minimum absolute atomic E-state index is 0.0166. The lowest BCUT2D eigenvalue weighted by atomic mass is 10.3. The van der Waals surface area contributed by atoms with Crippen molar-refractivity contribution < 1.29 is 42.8 Å². The summed E-state index contributed by atoms with van der Waals surface area (Å²) >= 11 is 0. The summed E-state index contributed by atoms with van der Waals surface area (Å²) in [7, 11) is -10.6. The second-order valence-electron chi connectivity index (χ2n) is 6.61. The van der Waals surface area contributed by atoms with Crippen LogP contribution in [0.3, 0.4) is 0 Å². The van der Waals surface area contributed by atoms with Gasteiger partial charge in [0.1, 0.15) is 0 Å². The summed E-state index contributed by atoms with van der Waals surface area (Å²) in [6.45, 7) is 0. The molecule has 0 aliphatic heterocycles. The molecule has 0 aliphatic rings. The summed E-state index contributed by atoms with van der Waals surface area (Å²) in [5.41, 5.74) is 0. The summed E-state index contributed by atoms with van der Waals surface area (Å²) in [4.78, 5) is -0.0497. The van der Waals surface area contributed by atoms with Gasteiger partial charge in [-0.1, -0.05) is 54.6 Å². The predicted octanol–water partition coefficient (Wildman–Crippen LogP) is 7.02. The van der Waals surface area contributed by atoms with Gasteiger partial charge in [0.2, 0.25) is 0 Å². The molecule has 3 nitrogen and oxygen atoms in total. The second-order valence-corrected chi connectivity index (χ2v) is 11.1. The van der Waals surface area contributed by atoms with Gasteiger partial charge in [-0.05, 0) is 46.7 Å². The van der Waals surface area contributed by atoms with Crippen molar-refractivity contribution in [3.8, 4) is 0 Å². The van der Waals surface area contributed by atoms with E-state index in [9.17, 15) is 39.2 Å². The normalized spacial score (nSPS) is 14.2. The molecule has 0 N–H and O–H groups in total. The number of halogens is 7. The molecular weight excluding hydrogens is 497 g/mol. The molecule has 0 spiro atoms. The fourth-order valence-corrected chi connectivity index (χ4v) is 8.09. The molecule has 0 heterocycles. The van der Waals surface area contributed by atoms with Crippen molar-refractivity contribution in [2.75, 3.05) is 0 Å². The van der Waals surface area contributed by atoms with Gasteiger partial charge in [-0.25, -0.2) is 3.63 Å². The molecule has 0 aromatic heterocycles. The van der Waals surface area contributed by atoms with Crippen molar-refractivity contribution in [3.63, 3.8) is 0 Å². The zero-order valence-corrected chi connectivity index (χ0v) is 18.0. The first-order valence-electron chi connectivity index (χ1n) is 9.04. The first-order valence-corrected chi connectivity index (χ1v) is 12.0. The van der Waals surface area contributed by atoms with Crippen LogP contribution in [-0.4, -0.2) is 25.8 Å². The van der Waals surface area contributed by atoms with Gasteiger partial charge in [-0.2, -0.15) is 39.2 Å². The van der Waals surface area contributed by atoms with Gasteiger partial charge in [-0.3, -0.25) is 0 Å². The highest BCUT2D eigenvalue weighted by Crippen LogP contribution is 2.71. The smallest absolute Gasteiger partial charge is 0.202 e. The van der Waals surface area contributed by atoms with E-state index in [4.69, 9.17) is 3.63 Å². The molecular formula is C21H15F7O3S2. The molecule has 0 fully saturated rings. The van der Waals surface area contributed by atoms with Crippen molar-refractivity contribution in [3.05, 3.63) is 91.0 Å². The molecule has 3 rings (SSSR count). The van der Waals surface area contributed by atoms with E-state index in [1.807, 2.05) is 0 Å². The third-order valence-electron chi connectivity index (χ3n) is 4.45. The minimum Gasteiger partial charge on any atom is -0.202 e. The number of hydrogen-bond acceptors (Lipinski definition) is 3. The van der Waals surface area contributed by atoms with Gasteiger partial charge in [0.25, 0.3) is 0 Å². The van der Waals surface area contributed by atoms with E-state index in [1.165, 1.54) is 91.0 Å². The van der Waals surface area contributed by atoms with Gasteiger partial charge in [0, 0.05) is 14.7 Å². The van der Waals surface area contributed by atoms with Crippen LogP contribution in [0.25, 0.3) is 0 Å². The summed E-state index contributed by atoms with van der Waals surface area (Å²) in [6.07, 6.45) is -6.85. The monoisotopic (exact) mass is 512 g/mol. The molecule has 0 bridgehead atoms. The third-order valence-corrected chi connectivity index (χ3v) is 9.68. The summed E-state index contributed by atoms with van der Waals surface area (Å²) in [6, 6.07) is 20.9. The molecule has 0 saturated heterocycles. The lowest BCUT2D eigenvalue weighted by Gasteiger charge is -2.40. The van der Waals surface area contributed by atoms with Crippen LogP contribution in [0.15, 0.2) is 106 Å². The van der Waals surface area contributed by atoms with Crippen LogP contribution in [-0.2, 0) is 13.7 Å². The van der Waals surface area contributed by atoms with Gasteiger partial charge < -0.3 is 0 Å². The van der Waals surface area contributed by atoms with E-state index >= 15 is 0 Å². The van der Waals surface area contributed by atoms with Gasteiger partial charge >= 0.3 is 27.5 Å². The SMILES string of the molecule is O=S(=O)(OS(c1ccccc1)(c1ccccc1)c1ccccc1)C(F)(F)C(F)(F)C(F)(F)F. The largest absolute Gasteiger partial charge is 0.461 e. The van der Waals surface area contributed by atoms with Gasteiger partial charge in [-0.15, -0.1) is 0 Å². The zero-order chi connectivity index (χ0) is 24.5. The Morgan fingerprint density at radius 1 is 0.545 bits per heavy atom. The third kappa shape index (κ3) is 4.22. The van der Waals surface area contributed by atoms with Crippen LogP contribution in [0.5, 0.6) is 0 Å². The molecule has 33 heavy (non-hydrogen) atoms. The molecule has 12 heteroatoms. The summed E-state index contributed by atoms with van der Waals surface area (Å²) in [5, 5.41) is -6.62. The Kier molecular flexibility index (Phi) is 6.57. The van der Waals surface area contributed by atoms with Crippen molar-refractivity contribution >= 4 is 20.4 Å². The maximum Gasteiger partial charge on any atom is 0.461 e. The Morgan fingerprint density at radius 3 is 1.12 bits per heavy atom. The summed E-state index contributed by atoms with van der Waals surface area (Å²) in [5.74, 6) is -6.91. The Morgan fingerprint density at radius 2 is 0.848 bits per heavy atom. The molecule has 0 amide bonds.